The van der Waals surface area contributed by atoms with Crippen LogP contribution in [-0.4, -0.2) is 43.6 Å². The van der Waals surface area contributed by atoms with E-state index >= 15 is 0 Å². The SMILES string of the molecule is COC(=O)C1CCN(C(=O)COc2cc(C)ccc2C)C1. The zero-order valence-corrected chi connectivity index (χ0v) is 12.7. The maximum absolute atomic E-state index is 12.1. The van der Waals surface area contributed by atoms with E-state index in [4.69, 9.17) is 9.47 Å². The summed E-state index contributed by atoms with van der Waals surface area (Å²) in [5.41, 5.74) is 2.09. The Morgan fingerprint density at radius 1 is 1.33 bits per heavy atom. The van der Waals surface area contributed by atoms with Crippen LogP contribution < -0.4 is 4.74 Å². The third-order valence-corrected chi connectivity index (χ3v) is 3.77. The van der Waals surface area contributed by atoms with Crippen LogP contribution in [0.15, 0.2) is 18.2 Å². The van der Waals surface area contributed by atoms with Crippen molar-refractivity contribution in [2.75, 3.05) is 26.8 Å². The molecule has 1 aromatic carbocycles. The summed E-state index contributed by atoms with van der Waals surface area (Å²) in [5, 5.41) is 0. The fourth-order valence-corrected chi connectivity index (χ4v) is 2.44. The fourth-order valence-electron chi connectivity index (χ4n) is 2.44. The Morgan fingerprint density at radius 2 is 2.10 bits per heavy atom. The van der Waals surface area contributed by atoms with Crippen LogP contribution in [0.5, 0.6) is 5.75 Å². The molecule has 1 fully saturated rings. The lowest BCUT2D eigenvalue weighted by Gasteiger charge is -2.17. The minimum atomic E-state index is -0.249. The number of esters is 1. The molecule has 1 saturated heterocycles. The molecule has 1 aliphatic rings. The minimum Gasteiger partial charge on any atom is -0.483 e. The van der Waals surface area contributed by atoms with Crippen LogP contribution in [0.4, 0.5) is 0 Å². The van der Waals surface area contributed by atoms with Gasteiger partial charge in [0.1, 0.15) is 5.75 Å². The molecule has 2 rings (SSSR count). The third-order valence-electron chi connectivity index (χ3n) is 3.77. The van der Waals surface area contributed by atoms with Crippen molar-refractivity contribution < 1.29 is 19.1 Å². The minimum absolute atomic E-state index is 0.00180. The van der Waals surface area contributed by atoms with E-state index in [1.54, 1.807) is 4.90 Å². The summed E-state index contributed by atoms with van der Waals surface area (Å²) in [6.45, 7) is 4.92. The van der Waals surface area contributed by atoms with Crippen LogP contribution in [0.25, 0.3) is 0 Å². The van der Waals surface area contributed by atoms with Crippen LogP contribution in [0.2, 0.25) is 0 Å². The number of methoxy groups -OCH3 is 1. The van der Waals surface area contributed by atoms with E-state index in [2.05, 4.69) is 0 Å². The smallest absolute Gasteiger partial charge is 0.310 e. The van der Waals surface area contributed by atoms with Crippen molar-refractivity contribution in [3.05, 3.63) is 29.3 Å². The molecular formula is C16H21NO4. The summed E-state index contributed by atoms with van der Waals surface area (Å²) in [5.74, 6) is 0.176. The maximum Gasteiger partial charge on any atom is 0.310 e. The molecule has 0 radical (unpaired) electrons. The lowest BCUT2D eigenvalue weighted by Crippen LogP contribution is -2.34. The first-order valence-corrected chi connectivity index (χ1v) is 7.07. The maximum atomic E-state index is 12.1. The van der Waals surface area contributed by atoms with E-state index in [9.17, 15) is 9.59 Å². The number of carbonyl (C=O) groups excluding carboxylic acids is 2. The van der Waals surface area contributed by atoms with E-state index in [-0.39, 0.29) is 24.4 Å². The van der Waals surface area contributed by atoms with Crippen LogP contribution in [0.3, 0.4) is 0 Å². The second-order valence-corrected chi connectivity index (χ2v) is 5.41. The Labute approximate surface area is 124 Å². The van der Waals surface area contributed by atoms with Gasteiger partial charge < -0.3 is 14.4 Å². The highest BCUT2D eigenvalue weighted by molar-refractivity contribution is 5.80. The van der Waals surface area contributed by atoms with E-state index in [0.717, 1.165) is 16.9 Å². The number of ether oxygens (including phenoxy) is 2. The number of hydrogen-bond acceptors (Lipinski definition) is 4. The van der Waals surface area contributed by atoms with Gasteiger partial charge in [-0.2, -0.15) is 0 Å². The van der Waals surface area contributed by atoms with Gasteiger partial charge in [0.25, 0.3) is 5.91 Å². The van der Waals surface area contributed by atoms with E-state index in [0.29, 0.717) is 19.5 Å². The summed E-state index contributed by atoms with van der Waals surface area (Å²) in [6.07, 6.45) is 0.655. The first-order valence-electron chi connectivity index (χ1n) is 7.07. The molecule has 0 bridgehead atoms. The zero-order chi connectivity index (χ0) is 15.4. The first-order chi connectivity index (χ1) is 10.0. The molecule has 0 N–H and O–H groups in total. The molecule has 1 atom stereocenters. The first kappa shape index (κ1) is 15.4. The Balaban J connectivity index is 1.88. The second-order valence-electron chi connectivity index (χ2n) is 5.41. The Hall–Kier alpha value is -2.04. The van der Waals surface area contributed by atoms with Crippen LogP contribution in [0.1, 0.15) is 17.5 Å². The highest BCUT2D eigenvalue weighted by Crippen LogP contribution is 2.20. The van der Waals surface area contributed by atoms with Crippen molar-refractivity contribution in [3.8, 4) is 5.75 Å². The second kappa shape index (κ2) is 6.61. The number of carbonyl (C=O) groups is 2. The van der Waals surface area contributed by atoms with Gasteiger partial charge in [-0.1, -0.05) is 12.1 Å². The third kappa shape index (κ3) is 3.74. The van der Waals surface area contributed by atoms with Gasteiger partial charge in [-0.25, -0.2) is 0 Å². The van der Waals surface area contributed by atoms with Crippen molar-refractivity contribution in [2.45, 2.75) is 20.3 Å². The average Bonchev–Trinajstić information content (AvgIpc) is 2.97. The van der Waals surface area contributed by atoms with Crippen LogP contribution in [0, 0.1) is 19.8 Å². The van der Waals surface area contributed by atoms with Gasteiger partial charge in [-0.3, -0.25) is 9.59 Å². The molecule has 1 unspecified atom stereocenters. The van der Waals surface area contributed by atoms with Gasteiger partial charge in [0.05, 0.1) is 13.0 Å². The average molecular weight is 291 g/mol. The van der Waals surface area contributed by atoms with E-state index < -0.39 is 0 Å². The lowest BCUT2D eigenvalue weighted by molar-refractivity contribution is -0.145. The number of likely N-dealkylation sites (tertiary alicyclic amines) is 1. The van der Waals surface area contributed by atoms with Gasteiger partial charge >= 0.3 is 5.97 Å². The molecule has 0 aliphatic carbocycles. The molecule has 0 aromatic heterocycles. The summed E-state index contributed by atoms with van der Waals surface area (Å²) < 4.78 is 10.3. The molecule has 1 heterocycles. The quantitative estimate of drug-likeness (QED) is 0.792. The molecule has 0 saturated carbocycles. The fraction of sp³-hybridized carbons (Fsp3) is 0.500. The lowest BCUT2D eigenvalue weighted by atomic mass is 10.1. The monoisotopic (exact) mass is 291 g/mol. The van der Waals surface area contributed by atoms with Gasteiger partial charge in [0, 0.05) is 13.1 Å². The number of amides is 1. The summed E-state index contributed by atoms with van der Waals surface area (Å²) in [6, 6.07) is 5.90. The molecule has 1 aliphatic heterocycles. The van der Waals surface area contributed by atoms with Crippen molar-refractivity contribution in [2.24, 2.45) is 5.92 Å². The Morgan fingerprint density at radius 3 is 2.81 bits per heavy atom. The van der Waals surface area contributed by atoms with E-state index in [1.165, 1.54) is 7.11 Å². The van der Waals surface area contributed by atoms with Gasteiger partial charge in [-0.05, 0) is 37.5 Å². The number of nitrogens with zero attached hydrogens (tertiary/aromatic N) is 1. The Bertz CT molecular complexity index is 541. The summed E-state index contributed by atoms with van der Waals surface area (Å²) in [4.78, 5) is 25.2. The normalized spacial score (nSPS) is 17.7. The van der Waals surface area contributed by atoms with Crippen LogP contribution in [-0.2, 0) is 14.3 Å². The molecule has 5 heteroatoms. The van der Waals surface area contributed by atoms with Gasteiger partial charge in [0.15, 0.2) is 6.61 Å². The highest BCUT2D eigenvalue weighted by Gasteiger charge is 2.31. The van der Waals surface area contributed by atoms with Crippen molar-refractivity contribution in [1.29, 1.82) is 0 Å². The van der Waals surface area contributed by atoms with Gasteiger partial charge in [0.2, 0.25) is 0 Å². The number of rotatable bonds is 4. The summed E-state index contributed by atoms with van der Waals surface area (Å²) >= 11 is 0. The molecule has 1 amide bonds. The molecular weight excluding hydrogens is 270 g/mol. The summed E-state index contributed by atoms with van der Waals surface area (Å²) in [7, 11) is 1.37. The number of aryl methyl sites for hydroxylation is 2. The molecule has 5 nitrogen and oxygen atoms in total. The standard InChI is InChI=1S/C16H21NO4/c1-11-4-5-12(2)14(8-11)21-10-15(18)17-7-6-13(9-17)16(19)20-3/h4-5,8,13H,6-7,9-10H2,1-3H3. The van der Waals surface area contributed by atoms with Crippen LogP contribution >= 0.6 is 0 Å². The number of hydrogen-bond donors (Lipinski definition) is 0. The Kier molecular flexibility index (Phi) is 4.83. The molecule has 114 valence electrons. The van der Waals surface area contributed by atoms with Gasteiger partial charge in [-0.15, -0.1) is 0 Å². The highest BCUT2D eigenvalue weighted by atomic mass is 16.5. The molecule has 0 spiro atoms. The number of benzene rings is 1. The molecule has 1 aromatic rings. The predicted molar refractivity (Wildman–Crippen MR) is 78.1 cm³/mol. The van der Waals surface area contributed by atoms with Crippen molar-refractivity contribution in [1.82, 2.24) is 4.90 Å². The van der Waals surface area contributed by atoms with Crippen molar-refractivity contribution >= 4 is 11.9 Å². The topological polar surface area (TPSA) is 55.8 Å². The van der Waals surface area contributed by atoms with E-state index in [1.807, 2.05) is 32.0 Å². The predicted octanol–water partition coefficient (Wildman–Crippen LogP) is 1.70. The van der Waals surface area contributed by atoms with Crippen molar-refractivity contribution in [3.63, 3.8) is 0 Å². The molecule has 21 heavy (non-hydrogen) atoms. The zero-order valence-electron chi connectivity index (χ0n) is 12.7. The largest absolute Gasteiger partial charge is 0.483 e.